The molecule has 0 bridgehead atoms. The van der Waals surface area contributed by atoms with Gasteiger partial charge in [0.05, 0.1) is 6.61 Å². The van der Waals surface area contributed by atoms with Crippen LogP contribution in [-0.4, -0.2) is 18.5 Å². The highest BCUT2D eigenvalue weighted by atomic mass is 127. The van der Waals surface area contributed by atoms with Crippen molar-refractivity contribution in [1.82, 2.24) is 0 Å². The molecule has 0 saturated carbocycles. The van der Waals surface area contributed by atoms with Crippen LogP contribution in [0.15, 0.2) is 24.3 Å². The van der Waals surface area contributed by atoms with Gasteiger partial charge in [0.15, 0.2) is 0 Å². The van der Waals surface area contributed by atoms with Crippen LogP contribution in [0.4, 0.5) is 0 Å². The summed E-state index contributed by atoms with van der Waals surface area (Å²) in [6.07, 6.45) is 10.8. The number of esters is 2. The number of carbonyl (C=O) groups excluding carboxylic acids is 2. The molecule has 152 valence electrons. The SMILES string of the molecule is CCCCCCCCCCOC(=O)CCCC(=O)OCc1ccc(I)cc1. The van der Waals surface area contributed by atoms with Crippen molar-refractivity contribution in [1.29, 1.82) is 0 Å². The normalized spacial score (nSPS) is 10.6. The van der Waals surface area contributed by atoms with Gasteiger partial charge in [-0.25, -0.2) is 0 Å². The second-order valence-electron chi connectivity index (χ2n) is 6.84. The Morgan fingerprint density at radius 3 is 1.96 bits per heavy atom. The fourth-order valence-electron chi connectivity index (χ4n) is 2.69. The zero-order chi connectivity index (χ0) is 19.7. The van der Waals surface area contributed by atoms with Crippen LogP contribution >= 0.6 is 22.6 Å². The molecule has 0 aliphatic carbocycles. The maximum atomic E-state index is 11.7. The van der Waals surface area contributed by atoms with Crippen molar-refractivity contribution >= 4 is 34.5 Å². The quantitative estimate of drug-likeness (QED) is 0.168. The molecule has 0 radical (unpaired) electrons. The Morgan fingerprint density at radius 2 is 1.33 bits per heavy atom. The molecule has 5 heteroatoms. The monoisotopic (exact) mass is 488 g/mol. The number of rotatable bonds is 15. The van der Waals surface area contributed by atoms with Crippen molar-refractivity contribution in [2.75, 3.05) is 6.61 Å². The fourth-order valence-corrected chi connectivity index (χ4v) is 3.05. The lowest BCUT2D eigenvalue weighted by Gasteiger charge is -2.06. The fraction of sp³-hybridized carbons (Fsp3) is 0.636. The number of carbonyl (C=O) groups is 2. The molecular formula is C22H33IO4. The maximum Gasteiger partial charge on any atom is 0.306 e. The summed E-state index contributed by atoms with van der Waals surface area (Å²) in [7, 11) is 0. The molecule has 0 aliphatic rings. The lowest BCUT2D eigenvalue weighted by Crippen LogP contribution is -2.09. The van der Waals surface area contributed by atoms with Crippen molar-refractivity contribution in [3.05, 3.63) is 33.4 Å². The highest BCUT2D eigenvalue weighted by Gasteiger charge is 2.07. The van der Waals surface area contributed by atoms with Crippen LogP contribution in [0.25, 0.3) is 0 Å². The lowest BCUT2D eigenvalue weighted by molar-refractivity contribution is -0.146. The van der Waals surface area contributed by atoms with Gasteiger partial charge in [-0.3, -0.25) is 9.59 Å². The Morgan fingerprint density at radius 1 is 0.778 bits per heavy atom. The summed E-state index contributed by atoms with van der Waals surface area (Å²) >= 11 is 2.23. The summed E-state index contributed by atoms with van der Waals surface area (Å²) in [6, 6.07) is 7.84. The summed E-state index contributed by atoms with van der Waals surface area (Å²) in [6.45, 7) is 2.99. The molecule has 0 heterocycles. The van der Waals surface area contributed by atoms with E-state index in [9.17, 15) is 9.59 Å². The molecule has 0 fully saturated rings. The van der Waals surface area contributed by atoms with Crippen LogP contribution in [0.3, 0.4) is 0 Å². The Kier molecular flexibility index (Phi) is 14.1. The molecule has 0 atom stereocenters. The van der Waals surface area contributed by atoms with Gasteiger partial charge < -0.3 is 9.47 Å². The largest absolute Gasteiger partial charge is 0.466 e. The first-order valence-corrected chi connectivity index (χ1v) is 11.3. The maximum absolute atomic E-state index is 11.7. The van der Waals surface area contributed by atoms with Gasteiger partial charge in [0.1, 0.15) is 6.61 Å². The van der Waals surface area contributed by atoms with Gasteiger partial charge >= 0.3 is 11.9 Å². The van der Waals surface area contributed by atoms with Crippen LogP contribution in [-0.2, 0) is 25.7 Å². The topological polar surface area (TPSA) is 52.6 Å². The Balaban J connectivity index is 1.94. The average Bonchev–Trinajstić information content (AvgIpc) is 2.66. The molecule has 0 amide bonds. The number of ether oxygens (including phenoxy) is 2. The van der Waals surface area contributed by atoms with Gasteiger partial charge in [-0.2, -0.15) is 0 Å². The number of hydrogen-bond donors (Lipinski definition) is 0. The van der Waals surface area contributed by atoms with Gasteiger partial charge in [-0.1, -0.05) is 64.0 Å². The predicted octanol–water partition coefficient (Wildman–Crippen LogP) is 6.19. The molecule has 1 aromatic carbocycles. The second kappa shape index (κ2) is 15.9. The standard InChI is InChI=1S/C22H33IO4/c1-2-3-4-5-6-7-8-9-17-26-21(24)11-10-12-22(25)27-18-19-13-15-20(23)16-14-19/h13-16H,2-12,17-18H2,1H3. The molecule has 0 unspecified atom stereocenters. The molecule has 0 aromatic heterocycles. The van der Waals surface area contributed by atoms with Crippen LogP contribution in [0, 0.1) is 3.57 Å². The van der Waals surface area contributed by atoms with Gasteiger partial charge in [0, 0.05) is 16.4 Å². The Bertz CT molecular complexity index is 528. The van der Waals surface area contributed by atoms with E-state index in [4.69, 9.17) is 9.47 Å². The third-order valence-electron chi connectivity index (χ3n) is 4.34. The van der Waals surface area contributed by atoms with E-state index >= 15 is 0 Å². The van der Waals surface area contributed by atoms with E-state index in [0.29, 0.717) is 13.0 Å². The first kappa shape index (κ1) is 23.9. The van der Waals surface area contributed by atoms with Gasteiger partial charge in [0.2, 0.25) is 0 Å². The third-order valence-corrected chi connectivity index (χ3v) is 5.05. The van der Waals surface area contributed by atoms with E-state index < -0.39 is 0 Å². The minimum atomic E-state index is -0.274. The van der Waals surface area contributed by atoms with E-state index in [1.807, 2.05) is 24.3 Å². The highest BCUT2D eigenvalue weighted by molar-refractivity contribution is 14.1. The Labute approximate surface area is 177 Å². The van der Waals surface area contributed by atoms with Crippen molar-refractivity contribution in [2.45, 2.75) is 84.2 Å². The number of hydrogen-bond acceptors (Lipinski definition) is 4. The molecule has 1 aromatic rings. The van der Waals surface area contributed by atoms with Crippen molar-refractivity contribution in [2.24, 2.45) is 0 Å². The summed E-state index contributed by atoms with van der Waals surface area (Å²) in [4.78, 5) is 23.4. The van der Waals surface area contributed by atoms with Gasteiger partial charge in [-0.05, 0) is 53.1 Å². The molecule has 0 saturated heterocycles. The first-order chi connectivity index (χ1) is 13.1. The van der Waals surface area contributed by atoms with Gasteiger partial charge in [0.25, 0.3) is 0 Å². The summed E-state index contributed by atoms with van der Waals surface area (Å²) < 4.78 is 11.6. The Hall–Kier alpha value is -1.11. The van der Waals surface area contributed by atoms with Crippen molar-refractivity contribution in [3.63, 3.8) is 0 Å². The molecule has 0 N–H and O–H groups in total. The lowest BCUT2D eigenvalue weighted by atomic mass is 10.1. The van der Waals surface area contributed by atoms with E-state index in [1.54, 1.807) is 0 Å². The number of unbranched alkanes of at least 4 members (excludes halogenated alkanes) is 7. The van der Waals surface area contributed by atoms with Crippen molar-refractivity contribution in [3.8, 4) is 0 Å². The van der Waals surface area contributed by atoms with E-state index in [-0.39, 0.29) is 31.4 Å². The summed E-state index contributed by atoms with van der Waals surface area (Å²) in [5.74, 6) is -0.493. The van der Waals surface area contributed by atoms with Crippen LogP contribution < -0.4 is 0 Å². The summed E-state index contributed by atoms with van der Waals surface area (Å²) in [5, 5.41) is 0. The average molecular weight is 488 g/mol. The van der Waals surface area contributed by atoms with Gasteiger partial charge in [-0.15, -0.1) is 0 Å². The first-order valence-electron chi connectivity index (χ1n) is 10.2. The van der Waals surface area contributed by atoms with E-state index in [2.05, 4.69) is 29.5 Å². The molecule has 27 heavy (non-hydrogen) atoms. The number of benzene rings is 1. The van der Waals surface area contributed by atoms with Crippen LogP contribution in [0.5, 0.6) is 0 Å². The van der Waals surface area contributed by atoms with E-state index in [1.165, 1.54) is 38.5 Å². The summed E-state index contributed by atoms with van der Waals surface area (Å²) in [5.41, 5.74) is 0.966. The van der Waals surface area contributed by atoms with Crippen LogP contribution in [0.1, 0.15) is 83.1 Å². The second-order valence-corrected chi connectivity index (χ2v) is 8.08. The number of halogens is 1. The molecule has 0 spiro atoms. The molecular weight excluding hydrogens is 455 g/mol. The van der Waals surface area contributed by atoms with Crippen LogP contribution in [0.2, 0.25) is 0 Å². The minimum absolute atomic E-state index is 0.219. The molecule has 4 nitrogen and oxygen atoms in total. The van der Waals surface area contributed by atoms with Crippen molar-refractivity contribution < 1.29 is 19.1 Å². The predicted molar refractivity (Wildman–Crippen MR) is 116 cm³/mol. The minimum Gasteiger partial charge on any atom is -0.466 e. The zero-order valence-electron chi connectivity index (χ0n) is 16.5. The zero-order valence-corrected chi connectivity index (χ0v) is 18.7. The smallest absolute Gasteiger partial charge is 0.306 e. The van der Waals surface area contributed by atoms with E-state index in [0.717, 1.165) is 22.0 Å². The molecule has 1 rings (SSSR count). The third kappa shape index (κ3) is 13.7. The molecule has 0 aliphatic heterocycles. The highest BCUT2D eigenvalue weighted by Crippen LogP contribution is 2.10.